The zero-order valence-corrected chi connectivity index (χ0v) is 24.0. The van der Waals surface area contributed by atoms with Crippen LogP contribution in [0.4, 0.5) is 0 Å². The van der Waals surface area contributed by atoms with Gasteiger partial charge in [0, 0.05) is 58.7 Å². The monoisotopic (exact) mass is 543 g/mol. The van der Waals surface area contributed by atoms with Crippen LogP contribution in [0.5, 0.6) is 0 Å². The normalized spacial score (nSPS) is 19.8. The van der Waals surface area contributed by atoms with Crippen LogP contribution < -0.4 is 0 Å². The molecule has 0 aromatic heterocycles. The SMILES string of the molecule is CC(=O)N1CCC(CC(=O)N2CCN(Cc3ccccc3-c3ccc(Cl)c(Cl)c3)C[C@@H]2C(C)(C)C)CC1. The third kappa shape index (κ3) is 6.87. The molecule has 2 fully saturated rings. The summed E-state index contributed by atoms with van der Waals surface area (Å²) in [4.78, 5) is 31.7. The fourth-order valence-electron chi connectivity index (χ4n) is 5.68. The van der Waals surface area contributed by atoms with Crippen molar-refractivity contribution in [3.8, 4) is 11.1 Å². The fourth-order valence-corrected chi connectivity index (χ4v) is 5.98. The molecule has 0 unspecified atom stereocenters. The number of halogens is 2. The molecule has 0 N–H and O–H groups in total. The maximum absolute atomic E-state index is 13.5. The molecule has 0 radical (unpaired) electrons. The first kappa shape index (κ1) is 27.9. The van der Waals surface area contributed by atoms with E-state index in [4.69, 9.17) is 23.2 Å². The van der Waals surface area contributed by atoms with Crippen molar-refractivity contribution in [3.63, 3.8) is 0 Å². The van der Waals surface area contributed by atoms with Gasteiger partial charge in [-0.05, 0) is 53.0 Å². The van der Waals surface area contributed by atoms with Crippen LogP contribution in [0.2, 0.25) is 10.0 Å². The number of carbonyl (C=O) groups excluding carboxylic acids is 2. The minimum absolute atomic E-state index is 0.0322. The molecule has 0 aliphatic carbocycles. The second-order valence-corrected chi connectivity index (χ2v) is 12.5. The minimum atomic E-state index is -0.0322. The van der Waals surface area contributed by atoms with Gasteiger partial charge in [0.05, 0.1) is 10.0 Å². The van der Waals surface area contributed by atoms with Crippen LogP contribution in [0.15, 0.2) is 42.5 Å². The van der Waals surface area contributed by atoms with Crippen molar-refractivity contribution < 1.29 is 9.59 Å². The number of carbonyl (C=O) groups is 2. The fraction of sp³-hybridized carbons (Fsp3) is 0.533. The Morgan fingerprint density at radius 2 is 1.65 bits per heavy atom. The molecule has 2 aromatic rings. The maximum Gasteiger partial charge on any atom is 0.223 e. The van der Waals surface area contributed by atoms with Gasteiger partial charge in [-0.2, -0.15) is 0 Å². The lowest BCUT2D eigenvalue weighted by atomic mass is 9.83. The molecule has 2 heterocycles. The molecule has 2 aliphatic rings. The van der Waals surface area contributed by atoms with E-state index in [0.29, 0.717) is 22.4 Å². The number of benzene rings is 2. The second kappa shape index (κ2) is 11.8. The quantitative estimate of drug-likeness (QED) is 0.440. The summed E-state index contributed by atoms with van der Waals surface area (Å²) >= 11 is 12.5. The maximum atomic E-state index is 13.5. The van der Waals surface area contributed by atoms with Gasteiger partial charge >= 0.3 is 0 Å². The van der Waals surface area contributed by atoms with Crippen molar-refractivity contribution in [2.75, 3.05) is 32.7 Å². The first-order chi connectivity index (χ1) is 17.5. The first-order valence-corrected chi connectivity index (χ1v) is 14.1. The topological polar surface area (TPSA) is 43.9 Å². The number of rotatable bonds is 5. The van der Waals surface area contributed by atoms with E-state index in [2.05, 4.69) is 54.8 Å². The molecule has 4 rings (SSSR count). The summed E-state index contributed by atoms with van der Waals surface area (Å²) in [6, 6.07) is 14.4. The summed E-state index contributed by atoms with van der Waals surface area (Å²) in [7, 11) is 0. The van der Waals surface area contributed by atoms with Crippen molar-refractivity contribution in [1.29, 1.82) is 0 Å². The van der Waals surface area contributed by atoms with Gasteiger partial charge in [-0.25, -0.2) is 0 Å². The van der Waals surface area contributed by atoms with E-state index in [-0.39, 0.29) is 23.3 Å². The Kier molecular flexibility index (Phi) is 8.88. The standard InChI is InChI=1S/C30H39Cl2N3O2/c1-21(36)34-13-11-22(12-14-34)17-29(37)35-16-15-33(20-28(35)30(2,3)4)19-24-7-5-6-8-25(24)23-9-10-26(31)27(32)18-23/h5-10,18,22,28H,11-17,19-20H2,1-4H3/t28-/m1/s1. The number of piperidine rings is 1. The molecule has 2 aliphatic heterocycles. The zero-order valence-electron chi connectivity index (χ0n) is 22.5. The van der Waals surface area contributed by atoms with Gasteiger partial charge in [-0.15, -0.1) is 0 Å². The lowest BCUT2D eigenvalue weighted by Crippen LogP contribution is -2.59. The van der Waals surface area contributed by atoms with Crippen molar-refractivity contribution in [1.82, 2.24) is 14.7 Å². The largest absolute Gasteiger partial charge is 0.343 e. The summed E-state index contributed by atoms with van der Waals surface area (Å²) in [6.07, 6.45) is 2.41. The molecule has 0 bridgehead atoms. The predicted octanol–water partition coefficient (Wildman–Crippen LogP) is 6.37. The summed E-state index contributed by atoms with van der Waals surface area (Å²) in [5.74, 6) is 0.756. The summed E-state index contributed by atoms with van der Waals surface area (Å²) < 4.78 is 0. The predicted molar refractivity (Wildman–Crippen MR) is 152 cm³/mol. The highest BCUT2D eigenvalue weighted by molar-refractivity contribution is 6.42. The van der Waals surface area contributed by atoms with Crippen LogP contribution in [0.3, 0.4) is 0 Å². The van der Waals surface area contributed by atoms with Crippen molar-refractivity contribution in [2.45, 2.75) is 59.5 Å². The number of nitrogens with zero attached hydrogens (tertiary/aromatic N) is 3. The van der Waals surface area contributed by atoms with E-state index >= 15 is 0 Å². The van der Waals surface area contributed by atoms with E-state index in [1.807, 2.05) is 23.1 Å². The van der Waals surface area contributed by atoms with E-state index in [0.717, 1.165) is 63.2 Å². The van der Waals surface area contributed by atoms with Crippen LogP contribution in [0.25, 0.3) is 11.1 Å². The van der Waals surface area contributed by atoms with Crippen LogP contribution in [-0.4, -0.2) is 65.3 Å². The molecular formula is C30H39Cl2N3O2. The Morgan fingerprint density at radius 1 is 0.946 bits per heavy atom. The zero-order chi connectivity index (χ0) is 26.7. The average Bonchev–Trinajstić information content (AvgIpc) is 2.86. The lowest BCUT2D eigenvalue weighted by Gasteiger charge is -2.48. The minimum Gasteiger partial charge on any atom is -0.343 e. The Hall–Kier alpha value is -2.08. The van der Waals surface area contributed by atoms with Gasteiger partial charge in [0.2, 0.25) is 11.8 Å². The lowest BCUT2D eigenvalue weighted by molar-refractivity contribution is -0.141. The van der Waals surface area contributed by atoms with Gasteiger partial charge in [-0.3, -0.25) is 14.5 Å². The highest BCUT2D eigenvalue weighted by Gasteiger charge is 2.38. The molecule has 2 saturated heterocycles. The number of amides is 2. The number of piperazine rings is 1. The molecule has 200 valence electrons. The first-order valence-electron chi connectivity index (χ1n) is 13.3. The van der Waals surface area contributed by atoms with Gasteiger partial charge in [0.15, 0.2) is 0 Å². The molecule has 2 amide bonds. The van der Waals surface area contributed by atoms with E-state index in [1.165, 1.54) is 5.56 Å². The summed E-state index contributed by atoms with van der Waals surface area (Å²) in [5, 5.41) is 1.11. The smallest absolute Gasteiger partial charge is 0.223 e. The van der Waals surface area contributed by atoms with E-state index < -0.39 is 0 Å². The Bertz CT molecular complexity index is 1120. The molecular weight excluding hydrogens is 505 g/mol. The number of hydrogen-bond acceptors (Lipinski definition) is 3. The average molecular weight is 545 g/mol. The highest BCUT2D eigenvalue weighted by atomic mass is 35.5. The number of likely N-dealkylation sites (tertiary alicyclic amines) is 1. The van der Waals surface area contributed by atoms with Crippen molar-refractivity contribution in [3.05, 3.63) is 58.1 Å². The van der Waals surface area contributed by atoms with Gasteiger partial charge in [-0.1, -0.05) is 74.3 Å². The van der Waals surface area contributed by atoms with Crippen molar-refractivity contribution in [2.24, 2.45) is 11.3 Å². The van der Waals surface area contributed by atoms with Gasteiger partial charge in [0.25, 0.3) is 0 Å². The molecule has 37 heavy (non-hydrogen) atoms. The van der Waals surface area contributed by atoms with Crippen LogP contribution >= 0.6 is 23.2 Å². The molecule has 5 nitrogen and oxygen atoms in total. The third-order valence-electron chi connectivity index (χ3n) is 7.95. The third-order valence-corrected chi connectivity index (χ3v) is 8.69. The summed E-state index contributed by atoms with van der Waals surface area (Å²) in [6.45, 7) is 13.1. The summed E-state index contributed by atoms with van der Waals surface area (Å²) in [5.41, 5.74) is 3.42. The second-order valence-electron chi connectivity index (χ2n) is 11.6. The van der Waals surface area contributed by atoms with Crippen LogP contribution in [-0.2, 0) is 16.1 Å². The Balaban J connectivity index is 1.44. The van der Waals surface area contributed by atoms with E-state index in [1.54, 1.807) is 6.92 Å². The molecule has 2 aromatic carbocycles. The molecule has 0 spiro atoms. The van der Waals surface area contributed by atoms with Crippen LogP contribution in [0.1, 0.15) is 52.5 Å². The molecule has 1 atom stereocenters. The Labute approximate surface area is 231 Å². The number of hydrogen-bond donors (Lipinski definition) is 0. The van der Waals surface area contributed by atoms with Crippen molar-refractivity contribution >= 4 is 35.0 Å². The van der Waals surface area contributed by atoms with Gasteiger partial charge < -0.3 is 9.80 Å². The van der Waals surface area contributed by atoms with Crippen LogP contribution in [0, 0.1) is 11.3 Å². The highest BCUT2D eigenvalue weighted by Crippen LogP contribution is 2.33. The molecule has 7 heteroatoms. The van der Waals surface area contributed by atoms with Gasteiger partial charge in [0.1, 0.15) is 0 Å². The van der Waals surface area contributed by atoms with E-state index in [9.17, 15) is 9.59 Å². The Morgan fingerprint density at radius 3 is 2.30 bits per heavy atom. The molecule has 0 saturated carbocycles.